The minimum absolute atomic E-state index is 0.0966. The monoisotopic (exact) mass is 294 g/mol. The molecule has 0 saturated heterocycles. The van der Waals surface area contributed by atoms with Crippen LogP contribution in [0, 0.1) is 24.5 Å². The van der Waals surface area contributed by atoms with Gasteiger partial charge in [0.05, 0.1) is 5.39 Å². The fourth-order valence-electron chi connectivity index (χ4n) is 3.15. The number of aryl methyl sites for hydroxylation is 2. The molecule has 0 bridgehead atoms. The third-order valence-electron chi connectivity index (χ3n) is 4.41. The quantitative estimate of drug-likeness (QED) is 0.804. The van der Waals surface area contributed by atoms with Crippen molar-refractivity contribution in [2.45, 2.75) is 46.1 Å². The van der Waals surface area contributed by atoms with Crippen molar-refractivity contribution in [3.63, 3.8) is 0 Å². The molecule has 19 heavy (non-hydrogen) atoms. The fourth-order valence-corrected chi connectivity index (χ4v) is 4.59. The number of aromatic amines is 1. The van der Waals surface area contributed by atoms with Gasteiger partial charge in [0.2, 0.25) is 0 Å². The molecule has 2 aromatic rings. The van der Waals surface area contributed by atoms with Crippen LogP contribution >= 0.6 is 23.6 Å². The number of aromatic nitrogens is 2. The van der Waals surface area contributed by atoms with Crippen molar-refractivity contribution in [1.29, 1.82) is 0 Å². The van der Waals surface area contributed by atoms with Crippen LogP contribution in [0.1, 0.15) is 42.7 Å². The summed E-state index contributed by atoms with van der Waals surface area (Å²) in [5.74, 6) is 0.533. The Morgan fingerprint density at radius 2 is 2.11 bits per heavy atom. The van der Waals surface area contributed by atoms with E-state index in [1.165, 1.54) is 17.7 Å². The van der Waals surface area contributed by atoms with Crippen LogP contribution in [-0.4, -0.2) is 9.55 Å². The van der Waals surface area contributed by atoms with Crippen LogP contribution in [0.2, 0.25) is 0 Å². The van der Waals surface area contributed by atoms with Gasteiger partial charge in [-0.05, 0) is 50.4 Å². The van der Waals surface area contributed by atoms with Crippen molar-refractivity contribution in [1.82, 2.24) is 9.55 Å². The largest absolute Gasteiger partial charge is 0.323 e. The fraction of sp³-hybridized carbons (Fsp3) is 0.571. The first kappa shape index (κ1) is 13.1. The summed E-state index contributed by atoms with van der Waals surface area (Å²) < 4.78 is 2.41. The van der Waals surface area contributed by atoms with Crippen molar-refractivity contribution in [2.24, 2.45) is 5.92 Å². The number of thiophene rings is 1. The third-order valence-corrected chi connectivity index (χ3v) is 5.83. The molecule has 2 heterocycles. The number of hydrogen-bond donors (Lipinski definition) is 1. The number of nitrogens with one attached hydrogen (secondary N) is 1. The SMILES string of the molecule is Cc1sc2[nH]c(=S)n(C3CCCC3C)c(=O)c2c1C. The summed E-state index contributed by atoms with van der Waals surface area (Å²) in [6, 6.07) is 0.264. The number of hydrogen-bond acceptors (Lipinski definition) is 3. The Balaban J connectivity index is 2.34. The van der Waals surface area contributed by atoms with Gasteiger partial charge in [-0.25, -0.2) is 0 Å². The zero-order valence-corrected chi connectivity index (χ0v) is 13.1. The summed E-state index contributed by atoms with van der Waals surface area (Å²) in [6.45, 7) is 6.29. The number of H-pyrrole nitrogens is 1. The predicted molar refractivity (Wildman–Crippen MR) is 82.8 cm³/mol. The average molecular weight is 294 g/mol. The van der Waals surface area contributed by atoms with Gasteiger partial charge in [-0.15, -0.1) is 11.3 Å². The Hall–Kier alpha value is -0.940. The van der Waals surface area contributed by atoms with Gasteiger partial charge in [-0.1, -0.05) is 13.3 Å². The van der Waals surface area contributed by atoms with E-state index in [2.05, 4.69) is 18.8 Å². The van der Waals surface area contributed by atoms with E-state index in [1.54, 1.807) is 11.3 Å². The summed E-state index contributed by atoms with van der Waals surface area (Å²) >= 11 is 7.05. The summed E-state index contributed by atoms with van der Waals surface area (Å²) in [4.78, 5) is 18.2. The molecule has 0 aromatic carbocycles. The lowest BCUT2D eigenvalue weighted by atomic mass is 10.1. The summed E-state index contributed by atoms with van der Waals surface area (Å²) in [5.41, 5.74) is 1.19. The van der Waals surface area contributed by atoms with Crippen LogP contribution in [-0.2, 0) is 0 Å². The van der Waals surface area contributed by atoms with E-state index in [0.29, 0.717) is 10.7 Å². The van der Waals surface area contributed by atoms with Gasteiger partial charge in [0.15, 0.2) is 4.77 Å². The van der Waals surface area contributed by atoms with Gasteiger partial charge < -0.3 is 4.98 Å². The third kappa shape index (κ3) is 1.91. The molecule has 0 spiro atoms. The first-order chi connectivity index (χ1) is 9.00. The van der Waals surface area contributed by atoms with Crippen molar-refractivity contribution in [3.05, 3.63) is 25.6 Å². The molecule has 102 valence electrons. The Morgan fingerprint density at radius 1 is 1.37 bits per heavy atom. The van der Waals surface area contributed by atoms with Crippen molar-refractivity contribution >= 4 is 33.8 Å². The van der Waals surface area contributed by atoms with E-state index in [1.807, 2.05) is 11.5 Å². The predicted octanol–water partition coefficient (Wildman–Crippen LogP) is 4.10. The second-order valence-electron chi connectivity index (χ2n) is 5.57. The molecule has 3 nitrogen and oxygen atoms in total. The van der Waals surface area contributed by atoms with Crippen LogP contribution in [0.25, 0.3) is 10.2 Å². The molecular formula is C14H18N2OS2. The molecule has 0 radical (unpaired) electrons. The lowest BCUT2D eigenvalue weighted by Crippen LogP contribution is -2.27. The standard InChI is InChI=1S/C14H18N2OS2/c1-7-5-4-6-10(7)16-13(17)11-8(2)9(3)19-12(11)15-14(16)18/h7,10H,4-6H2,1-3H3,(H,15,18). The molecule has 1 fully saturated rings. The highest BCUT2D eigenvalue weighted by Gasteiger charge is 2.27. The van der Waals surface area contributed by atoms with Gasteiger partial charge in [-0.3, -0.25) is 9.36 Å². The summed E-state index contributed by atoms with van der Waals surface area (Å²) in [6.07, 6.45) is 3.44. The van der Waals surface area contributed by atoms with E-state index < -0.39 is 0 Å². The maximum atomic E-state index is 12.8. The van der Waals surface area contributed by atoms with E-state index in [9.17, 15) is 4.79 Å². The highest BCUT2D eigenvalue weighted by atomic mass is 32.1. The normalized spacial score (nSPS) is 23.3. The van der Waals surface area contributed by atoms with E-state index in [4.69, 9.17) is 12.2 Å². The molecule has 1 N–H and O–H groups in total. The van der Waals surface area contributed by atoms with Crippen LogP contribution in [0.3, 0.4) is 0 Å². The molecular weight excluding hydrogens is 276 g/mol. The van der Waals surface area contributed by atoms with E-state index in [0.717, 1.165) is 22.2 Å². The number of fused-ring (bicyclic) bond motifs is 1. The second-order valence-corrected chi connectivity index (χ2v) is 7.18. The maximum Gasteiger partial charge on any atom is 0.263 e. The van der Waals surface area contributed by atoms with Gasteiger partial charge in [0, 0.05) is 10.9 Å². The zero-order valence-electron chi connectivity index (χ0n) is 11.4. The minimum Gasteiger partial charge on any atom is -0.323 e. The smallest absolute Gasteiger partial charge is 0.263 e. The van der Waals surface area contributed by atoms with Crippen LogP contribution in [0.5, 0.6) is 0 Å². The Morgan fingerprint density at radius 3 is 2.74 bits per heavy atom. The lowest BCUT2D eigenvalue weighted by molar-refractivity contribution is 0.392. The zero-order chi connectivity index (χ0) is 13.7. The maximum absolute atomic E-state index is 12.8. The molecule has 2 atom stereocenters. The summed E-state index contributed by atoms with van der Waals surface area (Å²) in [5, 5.41) is 0.829. The first-order valence-corrected chi connectivity index (χ1v) is 7.97. The number of rotatable bonds is 1. The first-order valence-electron chi connectivity index (χ1n) is 6.75. The Labute approximate surface area is 121 Å². The minimum atomic E-state index is 0.0966. The molecule has 0 amide bonds. The molecule has 2 aromatic heterocycles. The van der Waals surface area contributed by atoms with Crippen molar-refractivity contribution < 1.29 is 0 Å². The molecule has 1 aliphatic carbocycles. The molecule has 0 aliphatic heterocycles. The Kier molecular flexibility index (Phi) is 3.14. The van der Waals surface area contributed by atoms with E-state index >= 15 is 0 Å². The van der Waals surface area contributed by atoms with Crippen molar-refractivity contribution in [3.8, 4) is 0 Å². The molecule has 1 aliphatic rings. The van der Waals surface area contributed by atoms with Crippen molar-refractivity contribution in [2.75, 3.05) is 0 Å². The molecule has 1 saturated carbocycles. The van der Waals surface area contributed by atoms with Crippen LogP contribution in [0.4, 0.5) is 0 Å². The average Bonchev–Trinajstić information content (AvgIpc) is 2.85. The van der Waals surface area contributed by atoms with Gasteiger partial charge in [0.1, 0.15) is 4.83 Å². The number of nitrogens with zero attached hydrogens (tertiary/aromatic N) is 1. The van der Waals surface area contributed by atoms with E-state index in [-0.39, 0.29) is 11.6 Å². The Bertz CT molecular complexity index is 753. The second kappa shape index (κ2) is 4.56. The summed E-state index contributed by atoms with van der Waals surface area (Å²) in [7, 11) is 0. The molecule has 5 heteroatoms. The topological polar surface area (TPSA) is 37.8 Å². The van der Waals surface area contributed by atoms with Gasteiger partial charge in [-0.2, -0.15) is 0 Å². The lowest BCUT2D eigenvalue weighted by Gasteiger charge is -2.18. The highest BCUT2D eigenvalue weighted by molar-refractivity contribution is 7.71. The molecule has 2 unspecified atom stereocenters. The van der Waals surface area contributed by atoms with Gasteiger partial charge in [0.25, 0.3) is 5.56 Å². The highest BCUT2D eigenvalue weighted by Crippen LogP contribution is 2.35. The van der Waals surface area contributed by atoms with Gasteiger partial charge >= 0.3 is 0 Å². The molecule has 3 rings (SSSR count). The van der Waals surface area contributed by atoms with Crippen LogP contribution < -0.4 is 5.56 Å². The van der Waals surface area contributed by atoms with Crippen LogP contribution in [0.15, 0.2) is 4.79 Å².